The van der Waals surface area contributed by atoms with Gasteiger partial charge >= 0.3 is 15.6 Å². The lowest BCUT2D eigenvalue weighted by molar-refractivity contribution is -0.0500. The first-order valence-corrected chi connectivity index (χ1v) is 14.0. The molecule has 0 aliphatic carbocycles. The minimum atomic E-state index is -5.79. The number of hydrogen-bond donors (Lipinski definition) is 3. The van der Waals surface area contributed by atoms with E-state index in [4.69, 9.17) is 5.73 Å². The number of halogens is 3. The van der Waals surface area contributed by atoms with E-state index in [9.17, 15) is 31.2 Å². The van der Waals surface area contributed by atoms with Crippen molar-refractivity contribution < 1.29 is 35.4 Å². The van der Waals surface area contributed by atoms with Gasteiger partial charge in [0.15, 0.2) is 0 Å². The van der Waals surface area contributed by atoms with Gasteiger partial charge in [-0.2, -0.15) is 21.6 Å². The van der Waals surface area contributed by atoms with E-state index in [1.54, 1.807) is 54.6 Å². The van der Waals surface area contributed by atoms with E-state index in [1.165, 1.54) is 12.1 Å². The molecule has 0 bridgehead atoms. The van der Waals surface area contributed by atoms with Gasteiger partial charge in [-0.25, -0.2) is 0 Å². The third kappa shape index (κ3) is 6.62. The van der Waals surface area contributed by atoms with Gasteiger partial charge in [-0.15, -0.1) is 0 Å². The van der Waals surface area contributed by atoms with Crippen LogP contribution in [0.3, 0.4) is 0 Å². The van der Waals surface area contributed by atoms with Gasteiger partial charge in [0, 0.05) is 23.2 Å². The average Bonchev–Trinajstić information content (AvgIpc) is 2.92. The minimum absolute atomic E-state index is 0.277. The quantitative estimate of drug-likeness (QED) is 0.255. The van der Waals surface area contributed by atoms with E-state index in [-0.39, 0.29) is 18.0 Å². The summed E-state index contributed by atoms with van der Waals surface area (Å²) in [6.07, 6.45) is 1.62. The lowest BCUT2D eigenvalue weighted by Gasteiger charge is -2.30. The molecule has 2 atom stereocenters. The topological polar surface area (TPSA) is 128 Å². The van der Waals surface area contributed by atoms with Gasteiger partial charge in [0.05, 0.1) is 0 Å². The summed E-state index contributed by atoms with van der Waals surface area (Å²) in [5.74, 6) is -1.22. The fraction of sp³-hybridized carbons (Fsp3) is 0.286. The molecule has 2 amide bonds. The van der Waals surface area contributed by atoms with Crippen LogP contribution >= 0.6 is 0 Å². The molecular formula is C28H28F3N3O5S. The lowest BCUT2D eigenvalue weighted by Crippen LogP contribution is -2.39. The van der Waals surface area contributed by atoms with Crippen LogP contribution < -0.4 is 20.6 Å². The standard InChI is InChI=1S/C28H28F3N3O5S/c1-2-22(34-27(36)21-9-5-18(6-10-21)17-3-7-20(8-4-17)26(32)35)15-25-24-16-23(12-11-19(24)13-14-33-25)39-40(37,38)28(29,30)31/h3-12,16,22,25,33H,2,13-15H2,1H3,(H2,32,35)(H,34,36). The second-order valence-corrected chi connectivity index (χ2v) is 11.0. The number of primary amides is 1. The highest BCUT2D eigenvalue weighted by molar-refractivity contribution is 7.88. The van der Waals surface area contributed by atoms with Gasteiger partial charge in [-0.1, -0.05) is 37.3 Å². The van der Waals surface area contributed by atoms with E-state index in [0.29, 0.717) is 42.5 Å². The van der Waals surface area contributed by atoms with Crippen LogP contribution in [0.4, 0.5) is 13.2 Å². The SMILES string of the molecule is CCC(CC1NCCc2ccc(OS(=O)(=O)C(F)(F)F)cc21)NC(=O)c1ccc(-c2ccc(C(N)=O)cc2)cc1. The number of hydrogen-bond acceptors (Lipinski definition) is 6. The first kappa shape index (κ1) is 29.1. The Balaban J connectivity index is 1.44. The molecule has 4 N–H and O–H groups in total. The van der Waals surface area contributed by atoms with E-state index in [0.717, 1.165) is 16.7 Å². The summed E-state index contributed by atoms with van der Waals surface area (Å²) in [5.41, 5.74) is 3.79. The number of nitrogens with one attached hydrogen (secondary N) is 2. The molecule has 3 aromatic carbocycles. The zero-order valence-electron chi connectivity index (χ0n) is 21.5. The Morgan fingerprint density at radius 2 is 1.62 bits per heavy atom. The molecule has 0 aromatic heterocycles. The second kappa shape index (κ2) is 11.7. The molecule has 0 spiro atoms. The van der Waals surface area contributed by atoms with Crippen LogP contribution in [0.25, 0.3) is 11.1 Å². The maximum absolute atomic E-state index is 13.0. The third-order valence-electron chi connectivity index (χ3n) is 6.77. The monoisotopic (exact) mass is 575 g/mol. The first-order chi connectivity index (χ1) is 18.9. The minimum Gasteiger partial charge on any atom is -0.376 e. The summed E-state index contributed by atoms with van der Waals surface area (Å²) in [5, 5.41) is 6.31. The number of amides is 2. The average molecular weight is 576 g/mol. The summed E-state index contributed by atoms with van der Waals surface area (Å²) in [6.45, 7) is 2.52. The Hall–Kier alpha value is -3.90. The Morgan fingerprint density at radius 3 is 2.17 bits per heavy atom. The Kier molecular flexibility index (Phi) is 8.50. The maximum atomic E-state index is 13.0. The molecule has 12 heteroatoms. The predicted molar refractivity (Wildman–Crippen MR) is 143 cm³/mol. The summed E-state index contributed by atoms with van der Waals surface area (Å²) in [7, 11) is -5.79. The van der Waals surface area contributed by atoms with Gasteiger partial charge < -0.3 is 20.6 Å². The van der Waals surface area contributed by atoms with Crippen molar-refractivity contribution >= 4 is 21.9 Å². The highest BCUT2D eigenvalue weighted by atomic mass is 32.2. The van der Waals surface area contributed by atoms with Gasteiger partial charge in [0.2, 0.25) is 5.91 Å². The van der Waals surface area contributed by atoms with Crippen molar-refractivity contribution in [3.63, 3.8) is 0 Å². The van der Waals surface area contributed by atoms with Crippen LogP contribution in [0.5, 0.6) is 5.75 Å². The highest BCUT2D eigenvalue weighted by Crippen LogP contribution is 2.33. The smallest absolute Gasteiger partial charge is 0.376 e. The Labute approximate surface area is 229 Å². The molecule has 2 unspecified atom stereocenters. The van der Waals surface area contributed by atoms with E-state index in [2.05, 4.69) is 14.8 Å². The van der Waals surface area contributed by atoms with Crippen LogP contribution in [0.2, 0.25) is 0 Å². The number of fused-ring (bicyclic) bond motifs is 1. The molecular weight excluding hydrogens is 547 g/mol. The maximum Gasteiger partial charge on any atom is 0.534 e. The zero-order chi connectivity index (χ0) is 29.1. The Morgan fingerprint density at radius 1 is 1.02 bits per heavy atom. The van der Waals surface area contributed by atoms with E-state index < -0.39 is 27.3 Å². The van der Waals surface area contributed by atoms with Crippen molar-refractivity contribution in [2.45, 2.75) is 43.8 Å². The molecule has 0 saturated heterocycles. The van der Waals surface area contributed by atoms with Crippen LogP contribution in [0.15, 0.2) is 66.7 Å². The van der Waals surface area contributed by atoms with Crippen molar-refractivity contribution in [3.8, 4) is 16.9 Å². The van der Waals surface area contributed by atoms with Gasteiger partial charge in [-0.05, 0) is 84.5 Å². The number of nitrogens with two attached hydrogens (primary N) is 1. The van der Waals surface area contributed by atoms with Crippen molar-refractivity contribution in [3.05, 3.63) is 89.0 Å². The molecule has 1 aliphatic heterocycles. The molecule has 4 rings (SSSR count). The van der Waals surface area contributed by atoms with Crippen LogP contribution in [-0.4, -0.2) is 38.3 Å². The second-order valence-electron chi connectivity index (χ2n) is 9.43. The van der Waals surface area contributed by atoms with Crippen LogP contribution in [-0.2, 0) is 16.5 Å². The first-order valence-electron chi connectivity index (χ1n) is 12.6. The Bertz CT molecular complexity index is 1490. The fourth-order valence-corrected chi connectivity index (χ4v) is 5.03. The normalized spacial score (nSPS) is 16.1. The molecule has 212 valence electrons. The number of alkyl halides is 3. The number of benzene rings is 3. The third-order valence-corrected chi connectivity index (χ3v) is 7.74. The molecule has 0 saturated carbocycles. The van der Waals surface area contributed by atoms with Gasteiger partial charge in [0.25, 0.3) is 5.91 Å². The van der Waals surface area contributed by atoms with Crippen molar-refractivity contribution in [2.24, 2.45) is 5.73 Å². The van der Waals surface area contributed by atoms with Gasteiger partial charge in [-0.3, -0.25) is 9.59 Å². The summed E-state index contributed by atoms with van der Waals surface area (Å²) in [4.78, 5) is 24.3. The van der Waals surface area contributed by atoms with Crippen molar-refractivity contribution in [1.29, 1.82) is 0 Å². The molecule has 3 aromatic rings. The molecule has 1 heterocycles. The van der Waals surface area contributed by atoms with Crippen molar-refractivity contribution in [1.82, 2.24) is 10.6 Å². The number of carbonyl (C=O) groups excluding carboxylic acids is 2. The molecule has 40 heavy (non-hydrogen) atoms. The summed E-state index contributed by atoms with van der Waals surface area (Å²) < 4.78 is 65.6. The number of rotatable bonds is 9. The molecule has 0 radical (unpaired) electrons. The molecule has 1 aliphatic rings. The summed E-state index contributed by atoms with van der Waals surface area (Å²) >= 11 is 0. The van der Waals surface area contributed by atoms with E-state index in [1.807, 2.05) is 6.92 Å². The number of carbonyl (C=O) groups is 2. The lowest BCUT2D eigenvalue weighted by atomic mass is 9.89. The largest absolute Gasteiger partial charge is 0.534 e. The van der Waals surface area contributed by atoms with Crippen LogP contribution in [0, 0.1) is 0 Å². The fourth-order valence-electron chi connectivity index (χ4n) is 4.57. The van der Waals surface area contributed by atoms with Crippen LogP contribution in [0.1, 0.15) is 57.7 Å². The van der Waals surface area contributed by atoms with E-state index >= 15 is 0 Å². The predicted octanol–water partition coefficient (Wildman–Crippen LogP) is 4.47. The van der Waals surface area contributed by atoms with Gasteiger partial charge in [0.1, 0.15) is 5.75 Å². The zero-order valence-corrected chi connectivity index (χ0v) is 22.3. The highest BCUT2D eigenvalue weighted by Gasteiger charge is 2.48. The van der Waals surface area contributed by atoms with Crippen molar-refractivity contribution in [2.75, 3.05) is 6.54 Å². The molecule has 8 nitrogen and oxygen atoms in total. The summed E-state index contributed by atoms with van der Waals surface area (Å²) in [6, 6.07) is 17.2. The molecule has 0 fully saturated rings.